The molecule has 4 rings (SSSR count). The Morgan fingerprint density at radius 2 is 2.10 bits per heavy atom. The van der Waals surface area contributed by atoms with Crippen LogP contribution in [0.4, 0.5) is 0 Å². The molecule has 156 valence electrons. The fourth-order valence-corrected chi connectivity index (χ4v) is 4.42. The lowest BCUT2D eigenvalue weighted by molar-refractivity contribution is 0.0949. The molecular formula is C25H30N4O. The molecule has 1 aromatic carbocycles. The number of nitrogens with zero attached hydrogens (tertiary/aromatic N) is 3. The quantitative estimate of drug-likeness (QED) is 0.583. The van der Waals surface area contributed by atoms with Crippen molar-refractivity contribution in [3.05, 3.63) is 60.4 Å². The molecule has 1 aliphatic heterocycles. The van der Waals surface area contributed by atoms with Gasteiger partial charge in [-0.05, 0) is 56.5 Å². The Balaban J connectivity index is 1.46. The van der Waals surface area contributed by atoms with Gasteiger partial charge in [0.1, 0.15) is 0 Å². The maximum atomic E-state index is 13.0. The van der Waals surface area contributed by atoms with Crippen molar-refractivity contribution in [1.29, 1.82) is 0 Å². The van der Waals surface area contributed by atoms with Gasteiger partial charge in [0.15, 0.2) is 0 Å². The molecule has 0 spiro atoms. The number of carbonyl (C=O) groups excluding carboxylic acids is 1. The van der Waals surface area contributed by atoms with E-state index < -0.39 is 0 Å². The van der Waals surface area contributed by atoms with Crippen molar-refractivity contribution >= 4 is 16.8 Å². The van der Waals surface area contributed by atoms with E-state index >= 15 is 0 Å². The van der Waals surface area contributed by atoms with Gasteiger partial charge >= 0.3 is 0 Å². The second-order valence-corrected chi connectivity index (χ2v) is 8.02. The number of hydrogen-bond donors (Lipinski definition) is 1. The van der Waals surface area contributed by atoms with Crippen LogP contribution >= 0.6 is 0 Å². The van der Waals surface area contributed by atoms with Crippen LogP contribution in [-0.2, 0) is 0 Å². The number of amides is 1. The SMILES string of the molecule is CC[C@@H]1CCCCN1CCCNC(=O)c1cc(-c2cccnc2)nc2ccccc12. The van der Waals surface area contributed by atoms with Crippen LogP contribution in [0.15, 0.2) is 54.9 Å². The normalized spacial score (nSPS) is 17.2. The summed E-state index contributed by atoms with van der Waals surface area (Å²) in [4.78, 5) is 24.6. The first-order valence-electron chi connectivity index (χ1n) is 11.1. The molecule has 3 aromatic rings. The molecular weight excluding hydrogens is 372 g/mol. The third kappa shape index (κ3) is 4.68. The Bertz CT molecular complexity index is 989. The van der Waals surface area contributed by atoms with Gasteiger partial charge in [-0.2, -0.15) is 0 Å². The maximum Gasteiger partial charge on any atom is 0.252 e. The molecule has 1 fully saturated rings. The van der Waals surface area contributed by atoms with Gasteiger partial charge in [0, 0.05) is 42.5 Å². The molecule has 0 aliphatic carbocycles. The van der Waals surface area contributed by atoms with Crippen molar-refractivity contribution in [2.75, 3.05) is 19.6 Å². The molecule has 2 aromatic heterocycles. The van der Waals surface area contributed by atoms with Gasteiger partial charge < -0.3 is 10.2 Å². The average Bonchev–Trinajstić information content (AvgIpc) is 2.81. The van der Waals surface area contributed by atoms with Gasteiger partial charge in [-0.15, -0.1) is 0 Å². The van der Waals surface area contributed by atoms with Crippen molar-refractivity contribution in [2.45, 2.75) is 45.1 Å². The van der Waals surface area contributed by atoms with E-state index in [1.807, 2.05) is 42.5 Å². The van der Waals surface area contributed by atoms with Gasteiger partial charge in [0.2, 0.25) is 0 Å². The number of piperidine rings is 1. The van der Waals surface area contributed by atoms with Gasteiger partial charge in [0.25, 0.3) is 5.91 Å². The monoisotopic (exact) mass is 402 g/mol. The second kappa shape index (κ2) is 9.81. The van der Waals surface area contributed by atoms with E-state index in [0.29, 0.717) is 18.2 Å². The lowest BCUT2D eigenvalue weighted by atomic mass is 10.00. The summed E-state index contributed by atoms with van der Waals surface area (Å²) < 4.78 is 0. The van der Waals surface area contributed by atoms with E-state index in [1.165, 1.54) is 32.2 Å². The highest BCUT2D eigenvalue weighted by Crippen LogP contribution is 2.24. The van der Waals surface area contributed by atoms with Crippen LogP contribution in [0.1, 0.15) is 49.4 Å². The topological polar surface area (TPSA) is 58.1 Å². The molecule has 5 heteroatoms. The van der Waals surface area contributed by atoms with Gasteiger partial charge in [-0.3, -0.25) is 9.78 Å². The van der Waals surface area contributed by atoms with E-state index in [4.69, 9.17) is 4.98 Å². The second-order valence-electron chi connectivity index (χ2n) is 8.02. The van der Waals surface area contributed by atoms with Gasteiger partial charge in [-0.25, -0.2) is 4.98 Å². The molecule has 30 heavy (non-hydrogen) atoms. The maximum absolute atomic E-state index is 13.0. The average molecular weight is 403 g/mol. The van der Waals surface area contributed by atoms with Gasteiger partial charge in [-0.1, -0.05) is 31.5 Å². The van der Waals surface area contributed by atoms with Crippen LogP contribution in [0.2, 0.25) is 0 Å². The van der Waals surface area contributed by atoms with E-state index in [-0.39, 0.29) is 5.91 Å². The number of benzene rings is 1. The first kappa shape index (κ1) is 20.5. The summed E-state index contributed by atoms with van der Waals surface area (Å²) in [6, 6.07) is 14.3. The predicted molar refractivity (Wildman–Crippen MR) is 121 cm³/mol. The Labute approximate surface area is 178 Å². The number of nitrogens with one attached hydrogen (secondary N) is 1. The number of para-hydroxylation sites is 1. The van der Waals surface area contributed by atoms with Crippen LogP contribution in [0, 0.1) is 0 Å². The molecule has 5 nitrogen and oxygen atoms in total. The highest BCUT2D eigenvalue weighted by Gasteiger charge is 2.20. The lowest BCUT2D eigenvalue weighted by Gasteiger charge is -2.35. The van der Waals surface area contributed by atoms with Gasteiger partial charge in [0.05, 0.1) is 16.8 Å². The summed E-state index contributed by atoms with van der Waals surface area (Å²) >= 11 is 0. The van der Waals surface area contributed by atoms with Crippen molar-refractivity contribution in [2.24, 2.45) is 0 Å². The van der Waals surface area contributed by atoms with Crippen LogP contribution in [0.25, 0.3) is 22.2 Å². The number of pyridine rings is 2. The summed E-state index contributed by atoms with van der Waals surface area (Å²) in [5.41, 5.74) is 3.17. The third-order valence-corrected chi connectivity index (χ3v) is 6.05. The molecule has 1 atom stereocenters. The minimum Gasteiger partial charge on any atom is -0.352 e. The fourth-order valence-electron chi connectivity index (χ4n) is 4.42. The summed E-state index contributed by atoms with van der Waals surface area (Å²) in [5, 5.41) is 4.01. The highest BCUT2D eigenvalue weighted by atomic mass is 16.1. The third-order valence-electron chi connectivity index (χ3n) is 6.05. The number of fused-ring (bicyclic) bond motifs is 1. The van der Waals surface area contributed by atoms with Crippen LogP contribution in [0.5, 0.6) is 0 Å². The van der Waals surface area contributed by atoms with Crippen molar-refractivity contribution in [1.82, 2.24) is 20.2 Å². The minimum atomic E-state index is -0.0376. The molecule has 0 bridgehead atoms. The molecule has 0 radical (unpaired) electrons. The number of carbonyl (C=O) groups is 1. The van der Waals surface area contributed by atoms with Crippen LogP contribution < -0.4 is 5.32 Å². The first-order valence-corrected chi connectivity index (χ1v) is 11.1. The zero-order valence-corrected chi connectivity index (χ0v) is 17.7. The Kier molecular flexibility index (Phi) is 6.70. The highest BCUT2D eigenvalue weighted by molar-refractivity contribution is 6.07. The Hall–Kier alpha value is -2.79. The Morgan fingerprint density at radius 3 is 2.93 bits per heavy atom. The number of aromatic nitrogens is 2. The molecule has 1 saturated heterocycles. The summed E-state index contributed by atoms with van der Waals surface area (Å²) in [6.45, 7) is 5.20. The Morgan fingerprint density at radius 1 is 1.20 bits per heavy atom. The molecule has 3 heterocycles. The van der Waals surface area contributed by atoms with Crippen LogP contribution in [0.3, 0.4) is 0 Å². The molecule has 1 N–H and O–H groups in total. The largest absolute Gasteiger partial charge is 0.352 e. The smallest absolute Gasteiger partial charge is 0.252 e. The zero-order valence-electron chi connectivity index (χ0n) is 17.7. The molecule has 0 saturated carbocycles. The van der Waals surface area contributed by atoms with Crippen molar-refractivity contribution in [3.8, 4) is 11.3 Å². The summed E-state index contributed by atoms with van der Waals surface area (Å²) in [6.07, 6.45) is 9.66. The summed E-state index contributed by atoms with van der Waals surface area (Å²) in [5.74, 6) is -0.0376. The molecule has 1 amide bonds. The van der Waals surface area contributed by atoms with Crippen molar-refractivity contribution < 1.29 is 4.79 Å². The standard InChI is InChI=1S/C25H30N4O/c1-2-20-10-5-6-15-29(20)16-8-14-27-25(30)22-17-24(19-9-7-13-26-18-19)28-23-12-4-3-11-21(22)23/h3-4,7,9,11-13,17-18,20H,2,5-6,8,10,14-16H2,1H3,(H,27,30)/t20-/m1/s1. The molecule has 1 aliphatic rings. The van der Waals surface area contributed by atoms with Crippen molar-refractivity contribution in [3.63, 3.8) is 0 Å². The summed E-state index contributed by atoms with van der Waals surface area (Å²) in [7, 11) is 0. The first-order chi connectivity index (χ1) is 14.8. The van der Waals surface area contributed by atoms with E-state index in [2.05, 4.69) is 22.1 Å². The number of rotatable bonds is 7. The lowest BCUT2D eigenvalue weighted by Crippen LogP contribution is -2.40. The fraction of sp³-hybridized carbons (Fsp3) is 0.400. The number of hydrogen-bond acceptors (Lipinski definition) is 4. The van der Waals surface area contributed by atoms with Crippen LogP contribution in [-0.4, -0.2) is 46.5 Å². The van der Waals surface area contributed by atoms with E-state index in [0.717, 1.165) is 35.1 Å². The van der Waals surface area contributed by atoms with E-state index in [1.54, 1.807) is 12.4 Å². The van der Waals surface area contributed by atoms with E-state index in [9.17, 15) is 4.79 Å². The zero-order chi connectivity index (χ0) is 20.8. The predicted octanol–water partition coefficient (Wildman–Crippen LogP) is 4.68. The number of likely N-dealkylation sites (tertiary alicyclic amines) is 1. The molecule has 0 unspecified atom stereocenters. The minimum absolute atomic E-state index is 0.0376.